The van der Waals surface area contributed by atoms with Gasteiger partial charge in [0.1, 0.15) is 0 Å². The molecule has 4 heteroatoms. The van der Waals surface area contributed by atoms with E-state index >= 15 is 0 Å². The number of hydrogen-bond acceptors (Lipinski definition) is 4. The first kappa shape index (κ1) is 11.6. The Morgan fingerprint density at radius 1 is 1.05 bits per heavy atom. The van der Waals surface area contributed by atoms with Gasteiger partial charge in [0, 0.05) is 5.41 Å². The second-order valence-electron chi connectivity index (χ2n) is 5.74. The van der Waals surface area contributed by atoms with Gasteiger partial charge < -0.3 is 19.5 Å². The zero-order chi connectivity index (χ0) is 12.7. The summed E-state index contributed by atoms with van der Waals surface area (Å²) in [5.41, 5.74) is 1.55. The summed E-state index contributed by atoms with van der Waals surface area (Å²) in [5.74, 6) is 2.46. The van der Waals surface area contributed by atoms with Gasteiger partial charge in [0.25, 0.3) is 0 Å². The highest BCUT2D eigenvalue weighted by Gasteiger charge is 2.47. The summed E-state index contributed by atoms with van der Waals surface area (Å²) >= 11 is 0. The zero-order valence-electron chi connectivity index (χ0n) is 11.0. The number of fused-ring (bicyclic) bond motifs is 1. The summed E-state index contributed by atoms with van der Waals surface area (Å²) in [7, 11) is 0. The van der Waals surface area contributed by atoms with E-state index in [4.69, 9.17) is 14.2 Å². The van der Waals surface area contributed by atoms with Crippen molar-refractivity contribution in [3.8, 4) is 11.5 Å². The van der Waals surface area contributed by atoms with Crippen LogP contribution in [-0.4, -0.2) is 33.1 Å². The number of benzene rings is 1. The van der Waals surface area contributed by atoms with Crippen LogP contribution in [0.1, 0.15) is 18.4 Å². The van der Waals surface area contributed by atoms with Crippen LogP contribution < -0.4 is 14.8 Å². The fraction of sp³-hybridized carbons (Fsp3) is 0.600. The third-order valence-electron chi connectivity index (χ3n) is 4.79. The summed E-state index contributed by atoms with van der Waals surface area (Å²) in [6, 6.07) is 6.39. The summed E-state index contributed by atoms with van der Waals surface area (Å²) in [4.78, 5) is 0. The minimum Gasteiger partial charge on any atom is -0.454 e. The molecule has 1 aromatic carbocycles. The predicted molar refractivity (Wildman–Crippen MR) is 70.7 cm³/mol. The fourth-order valence-electron chi connectivity index (χ4n) is 3.54. The van der Waals surface area contributed by atoms with Gasteiger partial charge in [0.2, 0.25) is 6.79 Å². The number of rotatable bonds is 2. The van der Waals surface area contributed by atoms with Crippen LogP contribution in [0.15, 0.2) is 18.2 Å². The van der Waals surface area contributed by atoms with Crippen molar-refractivity contribution in [3.05, 3.63) is 23.8 Å². The Morgan fingerprint density at radius 2 is 1.84 bits per heavy atom. The van der Waals surface area contributed by atoms with Gasteiger partial charge in [0.05, 0.1) is 13.2 Å². The second kappa shape index (κ2) is 4.39. The maximum atomic E-state index is 5.57. The molecule has 2 saturated heterocycles. The zero-order valence-corrected chi connectivity index (χ0v) is 11.0. The van der Waals surface area contributed by atoms with Crippen LogP contribution in [0.3, 0.4) is 0 Å². The molecule has 0 saturated carbocycles. The molecule has 2 fully saturated rings. The molecular formula is C15H19NO3. The Hall–Kier alpha value is -1.26. The summed E-state index contributed by atoms with van der Waals surface area (Å²) in [6.45, 7) is 4.28. The van der Waals surface area contributed by atoms with E-state index in [2.05, 4.69) is 17.4 Å². The van der Waals surface area contributed by atoms with Gasteiger partial charge in [-0.25, -0.2) is 0 Å². The average Bonchev–Trinajstić information content (AvgIpc) is 2.86. The molecule has 0 atom stereocenters. The Balaban J connectivity index is 1.68. The van der Waals surface area contributed by atoms with Crippen LogP contribution in [-0.2, 0) is 10.2 Å². The van der Waals surface area contributed by atoms with E-state index in [0.717, 1.165) is 37.8 Å². The molecule has 102 valence electrons. The maximum Gasteiger partial charge on any atom is 0.231 e. The Bertz CT molecular complexity index is 478. The number of hydrogen-bond donors (Lipinski definition) is 1. The molecule has 0 aromatic heterocycles. The minimum absolute atomic E-state index is 0.198. The van der Waals surface area contributed by atoms with Crippen LogP contribution >= 0.6 is 0 Å². The van der Waals surface area contributed by atoms with Crippen LogP contribution in [0.25, 0.3) is 0 Å². The maximum absolute atomic E-state index is 5.57. The van der Waals surface area contributed by atoms with E-state index < -0.39 is 0 Å². The Kier molecular flexibility index (Phi) is 2.67. The largest absolute Gasteiger partial charge is 0.454 e. The number of piperidine rings is 1. The quantitative estimate of drug-likeness (QED) is 0.879. The van der Waals surface area contributed by atoms with Gasteiger partial charge in [0.15, 0.2) is 11.5 Å². The summed E-state index contributed by atoms with van der Waals surface area (Å²) < 4.78 is 16.5. The summed E-state index contributed by atoms with van der Waals surface area (Å²) in [5, 5.41) is 3.44. The number of nitrogens with one attached hydrogen (secondary N) is 1. The van der Waals surface area contributed by atoms with E-state index in [0.29, 0.717) is 12.7 Å². The standard InChI is InChI=1S/C15H19NO3/c1-2-13-14(19-10-18-13)7-12(1)15(8-17-9-15)11-3-5-16-6-4-11/h1-2,7,11,16H,3-6,8-10H2. The smallest absolute Gasteiger partial charge is 0.231 e. The van der Waals surface area contributed by atoms with Gasteiger partial charge in [-0.05, 0) is 49.5 Å². The highest BCUT2D eigenvalue weighted by atomic mass is 16.7. The van der Waals surface area contributed by atoms with Crippen molar-refractivity contribution < 1.29 is 14.2 Å². The van der Waals surface area contributed by atoms with E-state index in [1.165, 1.54) is 18.4 Å². The first-order valence-electron chi connectivity index (χ1n) is 7.07. The van der Waals surface area contributed by atoms with Crippen LogP contribution in [0, 0.1) is 5.92 Å². The van der Waals surface area contributed by atoms with Crippen LogP contribution in [0.2, 0.25) is 0 Å². The molecular weight excluding hydrogens is 242 g/mol. The van der Waals surface area contributed by atoms with Gasteiger partial charge in [-0.3, -0.25) is 0 Å². The lowest BCUT2D eigenvalue weighted by molar-refractivity contribution is -0.0964. The van der Waals surface area contributed by atoms with Crippen LogP contribution in [0.4, 0.5) is 0 Å². The van der Waals surface area contributed by atoms with Crippen molar-refractivity contribution in [1.29, 1.82) is 0 Å². The third-order valence-corrected chi connectivity index (χ3v) is 4.79. The molecule has 4 nitrogen and oxygen atoms in total. The molecule has 3 aliphatic rings. The average molecular weight is 261 g/mol. The van der Waals surface area contributed by atoms with E-state index in [1.807, 2.05) is 6.07 Å². The van der Waals surface area contributed by atoms with Crippen molar-refractivity contribution in [2.24, 2.45) is 5.92 Å². The van der Waals surface area contributed by atoms with Crippen molar-refractivity contribution in [2.75, 3.05) is 33.1 Å². The van der Waals surface area contributed by atoms with Crippen molar-refractivity contribution >= 4 is 0 Å². The Morgan fingerprint density at radius 3 is 2.58 bits per heavy atom. The lowest BCUT2D eigenvalue weighted by Crippen LogP contribution is -2.54. The lowest BCUT2D eigenvalue weighted by atomic mass is 9.65. The molecule has 4 rings (SSSR count). The highest BCUT2D eigenvalue weighted by molar-refractivity contribution is 5.47. The van der Waals surface area contributed by atoms with Gasteiger partial charge in [-0.2, -0.15) is 0 Å². The van der Waals surface area contributed by atoms with Gasteiger partial charge in [-0.15, -0.1) is 0 Å². The number of ether oxygens (including phenoxy) is 3. The van der Waals surface area contributed by atoms with Crippen molar-refractivity contribution in [3.63, 3.8) is 0 Å². The molecule has 0 bridgehead atoms. The topological polar surface area (TPSA) is 39.7 Å². The second-order valence-corrected chi connectivity index (χ2v) is 5.74. The Labute approximate surface area is 113 Å². The molecule has 19 heavy (non-hydrogen) atoms. The molecule has 1 aromatic rings. The van der Waals surface area contributed by atoms with E-state index in [1.54, 1.807) is 0 Å². The third kappa shape index (κ3) is 1.74. The summed E-state index contributed by atoms with van der Waals surface area (Å²) in [6.07, 6.45) is 2.47. The normalized spacial score (nSPS) is 25.1. The monoisotopic (exact) mass is 261 g/mol. The van der Waals surface area contributed by atoms with E-state index in [9.17, 15) is 0 Å². The molecule has 0 unspecified atom stereocenters. The van der Waals surface area contributed by atoms with Crippen LogP contribution in [0.5, 0.6) is 11.5 Å². The molecule has 0 spiro atoms. The molecule has 3 heterocycles. The first-order valence-corrected chi connectivity index (χ1v) is 7.07. The highest BCUT2D eigenvalue weighted by Crippen LogP contribution is 2.46. The minimum atomic E-state index is 0.198. The lowest BCUT2D eigenvalue weighted by Gasteiger charge is -2.49. The predicted octanol–water partition coefficient (Wildman–Crippen LogP) is 1.68. The fourth-order valence-corrected chi connectivity index (χ4v) is 3.54. The van der Waals surface area contributed by atoms with E-state index in [-0.39, 0.29) is 5.41 Å². The molecule has 0 aliphatic carbocycles. The first-order chi connectivity index (χ1) is 9.38. The van der Waals surface area contributed by atoms with Gasteiger partial charge in [-0.1, -0.05) is 6.07 Å². The molecule has 3 aliphatic heterocycles. The molecule has 0 radical (unpaired) electrons. The SMILES string of the molecule is c1cc2c(cc1C1(C3CCNCC3)COC1)OCO2. The van der Waals surface area contributed by atoms with Crippen molar-refractivity contribution in [1.82, 2.24) is 5.32 Å². The molecule has 1 N–H and O–H groups in total. The van der Waals surface area contributed by atoms with Crippen molar-refractivity contribution in [2.45, 2.75) is 18.3 Å². The molecule has 0 amide bonds. The van der Waals surface area contributed by atoms with Gasteiger partial charge >= 0.3 is 0 Å².